The molecule has 0 spiro atoms. The SMILES string of the molecule is CC(C)(NC(=O)c1ccc2c(c1)CCN2)c1cn(-c2ccccc2)nn1. The van der Waals surface area contributed by atoms with E-state index in [4.69, 9.17) is 0 Å². The van der Waals surface area contributed by atoms with E-state index in [2.05, 4.69) is 20.9 Å². The third kappa shape index (κ3) is 3.06. The standard InChI is InChI=1S/C20H21N5O/c1-20(2,18-13-25(24-23-18)16-6-4-3-5-7-16)22-19(26)15-8-9-17-14(12-15)10-11-21-17/h3-9,12-13,21H,10-11H2,1-2H3,(H,22,26). The number of carbonyl (C=O) groups excluding carboxylic acids is 1. The summed E-state index contributed by atoms with van der Waals surface area (Å²) in [5.74, 6) is -0.112. The van der Waals surface area contributed by atoms with Crippen molar-refractivity contribution < 1.29 is 4.79 Å². The molecule has 0 fully saturated rings. The van der Waals surface area contributed by atoms with Crippen molar-refractivity contribution in [2.45, 2.75) is 25.8 Å². The van der Waals surface area contributed by atoms with Gasteiger partial charge >= 0.3 is 0 Å². The average Bonchev–Trinajstić information content (AvgIpc) is 3.31. The topological polar surface area (TPSA) is 71.8 Å². The van der Waals surface area contributed by atoms with Gasteiger partial charge in [-0.25, -0.2) is 4.68 Å². The molecule has 1 aliphatic heterocycles. The molecular formula is C20H21N5O. The third-order valence-electron chi connectivity index (χ3n) is 4.66. The maximum Gasteiger partial charge on any atom is 0.252 e. The molecule has 6 heteroatoms. The molecule has 0 unspecified atom stereocenters. The highest BCUT2D eigenvalue weighted by atomic mass is 16.1. The fourth-order valence-corrected chi connectivity index (χ4v) is 3.12. The molecule has 2 aromatic carbocycles. The van der Waals surface area contributed by atoms with Crippen LogP contribution in [0.5, 0.6) is 0 Å². The van der Waals surface area contributed by atoms with Gasteiger partial charge in [0.1, 0.15) is 5.69 Å². The summed E-state index contributed by atoms with van der Waals surface area (Å²) in [6.07, 6.45) is 2.80. The number of nitrogens with zero attached hydrogens (tertiary/aromatic N) is 3. The second-order valence-electron chi connectivity index (χ2n) is 7.01. The van der Waals surface area contributed by atoms with Crippen LogP contribution in [0.3, 0.4) is 0 Å². The van der Waals surface area contributed by atoms with Crippen LogP contribution in [0, 0.1) is 0 Å². The van der Waals surface area contributed by atoms with Crippen molar-refractivity contribution in [2.75, 3.05) is 11.9 Å². The summed E-state index contributed by atoms with van der Waals surface area (Å²) in [5.41, 5.74) is 3.96. The highest BCUT2D eigenvalue weighted by Crippen LogP contribution is 2.24. The van der Waals surface area contributed by atoms with E-state index in [0.29, 0.717) is 11.3 Å². The first kappa shape index (κ1) is 16.3. The average molecular weight is 347 g/mol. The van der Waals surface area contributed by atoms with E-state index < -0.39 is 5.54 Å². The van der Waals surface area contributed by atoms with Gasteiger partial charge in [-0.1, -0.05) is 23.4 Å². The molecule has 1 amide bonds. The zero-order valence-corrected chi connectivity index (χ0v) is 14.9. The van der Waals surface area contributed by atoms with E-state index in [9.17, 15) is 4.79 Å². The van der Waals surface area contributed by atoms with Gasteiger partial charge in [0.15, 0.2) is 0 Å². The number of fused-ring (bicyclic) bond motifs is 1. The lowest BCUT2D eigenvalue weighted by atomic mass is 10.00. The maximum absolute atomic E-state index is 12.7. The normalized spacial score (nSPS) is 13.2. The predicted molar refractivity (Wildman–Crippen MR) is 100 cm³/mol. The molecule has 26 heavy (non-hydrogen) atoms. The van der Waals surface area contributed by atoms with Crippen LogP contribution in [-0.4, -0.2) is 27.4 Å². The number of hydrogen-bond donors (Lipinski definition) is 2. The summed E-state index contributed by atoms with van der Waals surface area (Å²) >= 11 is 0. The lowest BCUT2D eigenvalue weighted by molar-refractivity contribution is 0.0910. The molecule has 0 aliphatic carbocycles. The summed E-state index contributed by atoms with van der Waals surface area (Å²) in [5, 5.41) is 14.8. The number of amides is 1. The summed E-state index contributed by atoms with van der Waals surface area (Å²) in [4.78, 5) is 12.7. The van der Waals surface area contributed by atoms with Crippen LogP contribution >= 0.6 is 0 Å². The summed E-state index contributed by atoms with van der Waals surface area (Å²) in [6, 6.07) is 15.6. The van der Waals surface area contributed by atoms with Crippen LogP contribution in [0.1, 0.15) is 35.5 Å². The minimum atomic E-state index is -0.638. The Kier molecular flexibility index (Phi) is 3.95. The molecule has 0 radical (unpaired) electrons. The first-order valence-electron chi connectivity index (χ1n) is 8.70. The number of para-hydroxylation sites is 1. The number of rotatable bonds is 4. The molecular weight excluding hydrogens is 326 g/mol. The highest BCUT2D eigenvalue weighted by molar-refractivity contribution is 5.95. The van der Waals surface area contributed by atoms with Crippen molar-refractivity contribution in [3.63, 3.8) is 0 Å². The van der Waals surface area contributed by atoms with Gasteiger partial charge < -0.3 is 10.6 Å². The van der Waals surface area contributed by atoms with Crippen molar-refractivity contribution in [2.24, 2.45) is 0 Å². The first-order chi connectivity index (χ1) is 12.5. The smallest absolute Gasteiger partial charge is 0.252 e. The highest BCUT2D eigenvalue weighted by Gasteiger charge is 2.27. The predicted octanol–water partition coefficient (Wildman–Crippen LogP) is 2.90. The molecule has 0 bridgehead atoms. The second kappa shape index (κ2) is 6.29. The van der Waals surface area contributed by atoms with E-state index in [1.54, 1.807) is 4.68 Å². The molecule has 0 atom stereocenters. The summed E-state index contributed by atoms with van der Waals surface area (Å²) in [6.45, 7) is 4.78. The van der Waals surface area contributed by atoms with Crippen LogP contribution in [-0.2, 0) is 12.0 Å². The van der Waals surface area contributed by atoms with E-state index in [0.717, 1.165) is 24.3 Å². The molecule has 0 saturated carbocycles. The zero-order valence-electron chi connectivity index (χ0n) is 14.9. The molecule has 1 aromatic heterocycles. The summed E-state index contributed by atoms with van der Waals surface area (Å²) in [7, 11) is 0. The molecule has 6 nitrogen and oxygen atoms in total. The van der Waals surface area contributed by atoms with Crippen molar-refractivity contribution in [1.82, 2.24) is 20.3 Å². The van der Waals surface area contributed by atoms with E-state index in [1.165, 1.54) is 5.56 Å². The van der Waals surface area contributed by atoms with Gasteiger partial charge in [0.05, 0.1) is 17.4 Å². The van der Waals surface area contributed by atoms with Gasteiger partial charge in [0, 0.05) is 17.8 Å². The van der Waals surface area contributed by atoms with Gasteiger partial charge in [0.2, 0.25) is 0 Å². The Labute approximate surface area is 152 Å². The van der Waals surface area contributed by atoms with Crippen LogP contribution in [0.15, 0.2) is 54.7 Å². The van der Waals surface area contributed by atoms with Crippen LogP contribution in [0.4, 0.5) is 5.69 Å². The van der Waals surface area contributed by atoms with E-state index in [1.807, 2.05) is 68.6 Å². The van der Waals surface area contributed by atoms with Crippen LogP contribution in [0.25, 0.3) is 5.69 Å². The minimum absolute atomic E-state index is 0.112. The lowest BCUT2D eigenvalue weighted by Crippen LogP contribution is -2.41. The van der Waals surface area contributed by atoms with Crippen LogP contribution in [0.2, 0.25) is 0 Å². The van der Waals surface area contributed by atoms with E-state index >= 15 is 0 Å². The quantitative estimate of drug-likeness (QED) is 0.761. The van der Waals surface area contributed by atoms with Crippen molar-refractivity contribution in [3.8, 4) is 5.69 Å². The Morgan fingerprint density at radius 1 is 1.19 bits per heavy atom. The van der Waals surface area contributed by atoms with Gasteiger partial charge in [-0.3, -0.25) is 4.79 Å². The third-order valence-corrected chi connectivity index (χ3v) is 4.66. The number of nitrogens with one attached hydrogen (secondary N) is 2. The van der Waals surface area contributed by atoms with Crippen molar-refractivity contribution >= 4 is 11.6 Å². The van der Waals surface area contributed by atoms with Crippen LogP contribution < -0.4 is 10.6 Å². The molecule has 132 valence electrons. The Bertz CT molecular complexity index is 946. The minimum Gasteiger partial charge on any atom is -0.384 e. The monoisotopic (exact) mass is 347 g/mol. The molecule has 2 N–H and O–H groups in total. The Morgan fingerprint density at radius 3 is 2.81 bits per heavy atom. The number of hydrogen-bond acceptors (Lipinski definition) is 4. The molecule has 4 rings (SSSR count). The number of aromatic nitrogens is 3. The van der Waals surface area contributed by atoms with E-state index in [-0.39, 0.29) is 5.91 Å². The lowest BCUT2D eigenvalue weighted by Gasteiger charge is -2.23. The van der Waals surface area contributed by atoms with Gasteiger partial charge in [-0.05, 0) is 56.2 Å². The largest absolute Gasteiger partial charge is 0.384 e. The molecule has 0 saturated heterocycles. The number of anilines is 1. The summed E-state index contributed by atoms with van der Waals surface area (Å²) < 4.78 is 1.71. The fourth-order valence-electron chi connectivity index (χ4n) is 3.12. The molecule has 1 aliphatic rings. The Morgan fingerprint density at radius 2 is 2.00 bits per heavy atom. The van der Waals surface area contributed by atoms with Gasteiger partial charge in [0.25, 0.3) is 5.91 Å². The Balaban J connectivity index is 1.53. The second-order valence-corrected chi connectivity index (χ2v) is 7.01. The fraction of sp³-hybridized carbons (Fsp3) is 0.250. The number of carbonyl (C=O) groups is 1. The number of benzene rings is 2. The first-order valence-corrected chi connectivity index (χ1v) is 8.70. The molecule has 2 heterocycles. The van der Waals surface area contributed by atoms with Gasteiger partial charge in [-0.15, -0.1) is 5.10 Å². The maximum atomic E-state index is 12.7. The van der Waals surface area contributed by atoms with Crippen molar-refractivity contribution in [3.05, 3.63) is 71.5 Å². The van der Waals surface area contributed by atoms with Crippen molar-refractivity contribution in [1.29, 1.82) is 0 Å². The van der Waals surface area contributed by atoms with Gasteiger partial charge in [-0.2, -0.15) is 0 Å². The Hall–Kier alpha value is -3.15. The zero-order chi connectivity index (χ0) is 18.1. The molecule has 3 aromatic rings.